The van der Waals surface area contributed by atoms with Crippen LogP contribution in [0.25, 0.3) is 5.52 Å². The second-order valence-electron chi connectivity index (χ2n) is 5.03. The molecule has 3 nitrogen and oxygen atoms in total. The van der Waals surface area contributed by atoms with Crippen LogP contribution in [0.3, 0.4) is 0 Å². The number of fused-ring (bicyclic) bond motifs is 1. The van der Waals surface area contributed by atoms with E-state index in [0.717, 1.165) is 24.4 Å². The van der Waals surface area contributed by atoms with E-state index in [4.69, 9.17) is 11.6 Å². The number of likely N-dealkylation sites (tertiary alicyclic amines) is 1. The van der Waals surface area contributed by atoms with Gasteiger partial charge in [0.05, 0.1) is 5.52 Å². The third kappa shape index (κ3) is 1.82. The van der Waals surface area contributed by atoms with Crippen LogP contribution in [0.1, 0.15) is 30.8 Å². The molecule has 4 heteroatoms. The van der Waals surface area contributed by atoms with Gasteiger partial charge in [0.15, 0.2) is 5.15 Å². The van der Waals surface area contributed by atoms with Crippen molar-refractivity contribution in [1.29, 1.82) is 0 Å². The normalized spacial score (nSPS) is 20.9. The zero-order valence-corrected chi connectivity index (χ0v) is 11.6. The molecular formula is C14H18ClN3. The van der Waals surface area contributed by atoms with Gasteiger partial charge >= 0.3 is 0 Å². The summed E-state index contributed by atoms with van der Waals surface area (Å²) in [5, 5.41) is 0.628. The second-order valence-corrected chi connectivity index (χ2v) is 5.39. The first kappa shape index (κ1) is 12.0. The predicted octanol–water partition coefficient (Wildman–Crippen LogP) is 3.11. The van der Waals surface area contributed by atoms with Crippen LogP contribution in [-0.2, 0) is 0 Å². The largest absolute Gasteiger partial charge is 0.303 e. The highest BCUT2D eigenvalue weighted by molar-refractivity contribution is 6.32. The first-order valence-electron chi connectivity index (χ1n) is 6.56. The van der Waals surface area contributed by atoms with Gasteiger partial charge in [-0.1, -0.05) is 24.6 Å². The van der Waals surface area contributed by atoms with Crippen LogP contribution in [-0.4, -0.2) is 33.9 Å². The summed E-state index contributed by atoms with van der Waals surface area (Å²) >= 11 is 6.25. The van der Waals surface area contributed by atoms with Gasteiger partial charge in [-0.15, -0.1) is 0 Å². The molecule has 0 N–H and O–H groups in total. The van der Waals surface area contributed by atoms with Crippen LogP contribution in [0, 0.1) is 6.92 Å². The van der Waals surface area contributed by atoms with Crippen molar-refractivity contribution in [3.63, 3.8) is 0 Å². The van der Waals surface area contributed by atoms with Crippen LogP contribution in [0.5, 0.6) is 0 Å². The molecule has 0 aromatic carbocycles. The Labute approximate surface area is 112 Å². The van der Waals surface area contributed by atoms with E-state index in [1.54, 1.807) is 0 Å². The molecule has 2 aromatic rings. The summed E-state index contributed by atoms with van der Waals surface area (Å²) in [5.74, 6) is 1.63. The number of imidazole rings is 1. The summed E-state index contributed by atoms with van der Waals surface area (Å²) in [6, 6.07) is 6.19. The van der Waals surface area contributed by atoms with Crippen molar-refractivity contribution in [2.45, 2.75) is 26.2 Å². The van der Waals surface area contributed by atoms with Gasteiger partial charge in [0.2, 0.25) is 0 Å². The molecule has 0 bridgehead atoms. The Morgan fingerprint density at radius 3 is 3.00 bits per heavy atom. The average Bonchev–Trinajstić information content (AvgIpc) is 2.95. The third-order valence-electron chi connectivity index (χ3n) is 3.92. The average molecular weight is 264 g/mol. The van der Waals surface area contributed by atoms with Crippen molar-refractivity contribution in [2.24, 2.45) is 0 Å². The quantitative estimate of drug-likeness (QED) is 0.830. The van der Waals surface area contributed by atoms with Gasteiger partial charge in [0, 0.05) is 18.2 Å². The van der Waals surface area contributed by atoms with E-state index in [9.17, 15) is 0 Å². The highest BCUT2D eigenvalue weighted by Crippen LogP contribution is 2.30. The predicted molar refractivity (Wildman–Crippen MR) is 74.4 cm³/mol. The summed E-state index contributed by atoms with van der Waals surface area (Å²) in [6.45, 7) is 7.71. The van der Waals surface area contributed by atoms with E-state index in [0.29, 0.717) is 11.1 Å². The lowest BCUT2D eigenvalue weighted by atomic mass is 10.1. The Kier molecular flexibility index (Phi) is 3.04. The number of nitrogens with zero attached hydrogens (tertiary/aromatic N) is 3. The van der Waals surface area contributed by atoms with Crippen molar-refractivity contribution >= 4 is 17.1 Å². The number of likely N-dealkylation sites (N-methyl/N-ethyl adjacent to an activating group) is 1. The fourth-order valence-electron chi connectivity index (χ4n) is 2.90. The monoisotopic (exact) mass is 263 g/mol. The number of hydrogen-bond donors (Lipinski definition) is 0. The molecule has 1 unspecified atom stereocenters. The number of halogens is 1. The van der Waals surface area contributed by atoms with E-state index >= 15 is 0 Å². The van der Waals surface area contributed by atoms with E-state index in [1.807, 2.05) is 12.1 Å². The van der Waals surface area contributed by atoms with Gasteiger partial charge in [-0.2, -0.15) is 0 Å². The lowest BCUT2D eigenvalue weighted by molar-refractivity contribution is 0.352. The van der Waals surface area contributed by atoms with Crippen molar-refractivity contribution in [3.8, 4) is 0 Å². The van der Waals surface area contributed by atoms with Gasteiger partial charge in [-0.05, 0) is 38.6 Å². The van der Waals surface area contributed by atoms with E-state index in [2.05, 4.69) is 34.2 Å². The van der Waals surface area contributed by atoms with Gasteiger partial charge in [0.25, 0.3) is 0 Å². The van der Waals surface area contributed by atoms with E-state index in [-0.39, 0.29) is 0 Å². The maximum absolute atomic E-state index is 6.25. The van der Waals surface area contributed by atoms with E-state index < -0.39 is 0 Å². The number of hydrogen-bond acceptors (Lipinski definition) is 2. The first-order valence-corrected chi connectivity index (χ1v) is 6.94. The first-order chi connectivity index (χ1) is 8.70. The number of aryl methyl sites for hydroxylation is 1. The SMILES string of the molecule is CCN1CCC(c2nc(Cl)c3cccc(C)n23)C1. The van der Waals surface area contributed by atoms with Crippen molar-refractivity contribution < 1.29 is 0 Å². The molecule has 18 heavy (non-hydrogen) atoms. The number of rotatable bonds is 2. The minimum atomic E-state index is 0.506. The maximum Gasteiger partial charge on any atom is 0.155 e. The molecule has 1 atom stereocenters. The molecule has 3 heterocycles. The van der Waals surface area contributed by atoms with Gasteiger partial charge in [0.1, 0.15) is 5.82 Å². The summed E-state index contributed by atoms with van der Waals surface area (Å²) in [6.07, 6.45) is 1.18. The van der Waals surface area contributed by atoms with Crippen LogP contribution in [0.15, 0.2) is 18.2 Å². The van der Waals surface area contributed by atoms with Gasteiger partial charge < -0.3 is 4.90 Å². The summed E-state index contributed by atoms with van der Waals surface area (Å²) in [7, 11) is 0. The Morgan fingerprint density at radius 1 is 1.44 bits per heavy atom. The lowest BCUT2D eigenvalue weighted by Gasteiger charge is -2.13. The van der Waals surface area contributed by atoms with Crippen LogP contribution >= 0.6 is 11.6 Å². The summed E-state index contributed by atoms with van der Waals surface area (Å²) in [5.41, 5.74) is 2.23. The minimum Gasteiger partial charge on any atom is -0.303 e. The molecule has 0 saturated carbocycles. The van der Waals surface area contributed by atoms with Gasteiger partial charge in [-0.3, -0.25) is 4.40 Å². The highest BCUT2D eigenvalue weighted by atomic mass is 35.5. The zero-order valence-electron chi connectivity index (χ0n) is 10.9. The summed E-state index contributed by atoms with van der Waals surface area (Å²) in [4.78, 5) is 7.07. The van der Waals surface area contributed by atoms with Gasteiger partial charge in [-0.25, -0.2) is 4.98 Å². The molecule has 1 fully saturated rings. The molecule has 0 radical (unpaired) electrons. The third-order valence-corrected chi connectivity index (χ3v) is 4.20. The topological polar surface area (TPSA) is 20.5 Å². The number of pyridine rings is 1. The molecule has 0 spiro atoms. The van der Waals surface area contributed by atoms with Crippen molar-refractivity contribution in [3.05, 3.63) is 34.9 Å². The number of aromatic nitrogens is 2. The molecular weight excluding hydrogens is 246 g/mol. The van der Waals surface area contributed by atoms with Crippen molar-refractivity contribution in [1.82, 2.24) is 14.3 Å². The van der Waals surface area contributed by atoms with Crippen LogP contribution in [0.4, 0.5) is 0 Å². The van der Waals surface area contributed by atoms with Crippen LogP contribution in [0.2, 0.25) is 5.15 Å². The van der Waals surface area contributed by atoms with Crippen molar-refractivity contribution in [2.75, 3.05) is 19.6 Å². The molecule has 0 aliphatic carbocycles. The molecule has 96 valence electrons. The fourth-order valence-corrected chi connectivity index (χ4v) is 3.13. The van der Waals surface area contributed by atoms with Crippen LogP contribution < -0.4 is 0 Å². The molecule has 1 saturated heterocycles. The maximum atomic E-state index is 6.25. The second kappa shape index (κ2) is 4.56. The minimum absolute atomic E-state index is 0.506. The summed E-state index contributed by atoms with van der Waals surface area (Å²) < 4.78 is 2.21. The molecule has 1 aliphatic rings. The van der Waals surface area contributed by atoms with E-state index in [1.165, 1.54) is 18.7 Å². The Hall–Kier alpha value is -1.06. The smallest absolute Gasteiger partial charge is 0.155 e. The Balaban J connectivity index is 2.07. The highest BCUT2D eigenvalue weighted by Gasteiger charge is 2.27. The molecule has 1 aliphatic heterocycles. The molecule has 3 rings (SSSR count). The standard InChI is InChI=1S/C14H18ClN3/c1-3-17-8-7-11(9-17)14-16-13(15)12-6-4-5-10(2)18(12)14/h4-6,11H,3,7-9H2,1-2H3. The Morgan fingerprint density at radius 2 is 2.28 bits per heavy atom. The fraction of sp³-hybridized carbons (Fsp3) is 0.500. The lowest BCUT2D eigenvalue weighted by Crippen LogP contribution is -2.19. The Bertz CT molecular complexity index is 576. The zero-order chi connectivity index (χ0) is 12.7. The molecule has 0 amide bonds. The molecule has 2 aromatic heterocycles.